The molecule has 0 unspecified atom stereocenters. The van der Waals surface area contributed by atoms with E-state index in [1.54, 1.807) is 6.20 Å². The van der Waals surface area contributed by atoms with E-state index in [1.807, 2.05) is 6.92 Å². The van der Waals surface area contributed by atoms with Crippen molar-refractivity contribution in [1.29, 1.82) is 0 Å². The minimum atomic E-state index is 0.755. The lowest BCUT2D eigenvalue weighted by molar-refractivity contribution is 0.544. The summed E-state index contributed by atoms with van der Waals surface area (Å²) >= 11 is 0. The van der Waals surface area contributed by atoms with E-state index in [1.165, 1.54) is 6.39 Å². The molecule has 0 atom stereocenters. The first-order valence-corrected chi connectivity index (χ1v) is 2.35. The summed E-state index contributed by atoms with van der Waals surface area (Å²) in [4.78, 5) is 3.72. The highest BCUT2D eigenvalue weighted by Crippen LogP contribution is 2.07. The maximum absolute atomic E-state index is 4.88. The first kappa shape index (κ1) is 5.09. The van der Waals surface area contributed by atoms with E-state index in [4.69, 9.17) is 4.42 Å². The number of hydrogen-bond donors (Lipinski definition) is 0. The molecule has 1 aromatic heterocycles. The Hall–Kier alpha value is -1.05. The van der Waals surface area contributed by atoms with Gasteiger partial charge >= 0.3 is 0 Å². The van der Waals surface area contributed by atoms with Crippen molar-refractivity contribution < 1.29 is 4.42 Å². The van der Waals surface area contributed by atoms with Gasteiger partial charge in [-0.1, -0.05) is 6.58 Å². The molecular weight excluding hydrogens is 102 g/mol. The van der Waals surface area contributed by atoms with E-state index >= 15 is 0 Å². The predicted octanol–water partition coefficient (Wildman–Crippen LogP) is 1.71. The topological polar surface area (TPSA) is 26.0 Å². The summed E-state index contributed by atoms with van der Waals surface area (Å²) in [6.07, 6.45) is 3.03. The van der Waals surface area contributed by atoms with Crippen LogP contribution >= 0.6 is 0 Å². The molecule has 2 nitrogen and oxygen atoms in total. The summed E-state index contributed by atoms with van der Waals surface area (Å²) in [6.45, 7) is 5.54. The van der Waals surface area contributed by atoms with Crippen LogP contribution in [-0.2, 0) is 0 Å². The van der Waals surface area contributed by atoms with Gasteiger partial charge in [-0.25, -0.2) is 4.98 Å². The maximum atomic E-state index is 4.88. The molecule has 2 heteroatoms. The number of allylic oxidation sites excluding steroid dienone is 1. The summed E-state index contributed by atoms with van der Waals surface area (Å²) in [5.41, 5.74) is 0.905. The fourth-order valence-electron chi connectivity index (χ4n) is 0.427. The van der Waals surface area contributed by atoms with Crippen LogP contribution in [0, 0.1) is 0 Å². The van der Waals surface area contributed by atoms with Crippen LogP contribution in [0.25, 0.3) is 5.57 Å². The smallest absolute Gasteiger partial charge is 0.181 e. The van der Waals surface area contributed by atoms with Gasteiger partial charge in [0.2, 0.25) is 0 Å². The Kier molecular flexibility index (Phi) is 1.16. The summed E-state index contributed by atoms with van der Waals surface area (Å²) in [5.74, 6) is 0.755. The standard InChI is InChI=1S/C6H7NO/c1-5(2)6-3-7-4-8-6/h3-4H,1H2,2H3. The van der Waals surface area contributed by atoms with Gasteiger partial charge in [-0.05, 0) is 12.5 Å². The van der Waals surface area contributed by atoms with E-state index < -0.39 is 0 Å². The Morgan fingerprint density at radius 1 is 1.88 bits per heavy atom. The third kappa shape index (κ3) is 0.780. The number of rotatable bonds is 1. The second kappa shape index (κ2) is 1.82. The summed E-state index contributed by atoms with van der Waals surface area (Å²) in [6, 6.07) is 0. The molecular formula is C6H7NO. The minimum Gasteiger partial charge on any atom is -0.444 e. The van der Waals surface area contributed by atoms with Gasteiger partial charge in [-0.15, -0.1) is 0 Å². The quantitative estimate of drug-likeness (QED) is 0.548. The molecule has 0 aliphatic carbocycles. The molecule has 0 aliphatic heterocycles. The fraction of sp³-hybridized carbons (Fsp3) is 0.167. The summed E-state index contributed by atoms with van der Waals surface area (Å²) < 4.78 is 4.88. The van der Waals surface area contributed by atoms with E-state index in [0.717, 1.165) is 11.3 Å². The largest absolute Gasteiger partial charge is 0.444 e. The van der Waals surface area contributed by atoms with Crippen molar-refractivity contribution in [1.82, 2.24) is 4.98 Å². The van der Waals surface area contributed by atoms with Gasteiger partial charge in [0.1, 0.15) is 5.76 Å². The summed E-state index contributed by atoms with van der Waals surface area (Å²) in [5, 5.41) is 0. The van der Waals surface area contributed by atoms with Crippen molar-refractivity contribution in [3.8, 4) is 0 Å². The van der Waals surface area contributed by atoms with Crippen LogP contribution in [0.2, 0.25) is 0 Å². The fourth-order valence-corrected chi connectivity index (χ4v) is 0.427. The van der Waals surface area contributed by atoms with Gasteiger partial charge < -0.3 is 4.42 Å². The third-order valence-electron chi connectivity index (χ3n) is 0.853. The van der Waals surface area contributed by atoms with Crippen molar-refractivity contribution in [2.45, 2.75) is 6.92 Å². The van der Waals surface area contributed by atoms with Crippen molar-refractivity contribution in [2.75, 3.05) is 0 Å². The molecule has 0 aliphatic rings. The highest BCUT2D eigenvalue weighted by atomic mass is 16.3. The molecule has 0 saturated heterocycles. The van der Waals surface area contributed by atoms with Gasteiger partial charge in [-0.2, -0.15) is 0 Å². The highest BCUT2D eigenvalue weighted by Gasteiger charge is 1.92. The predicted molar refractivity (Wildman–Crippen MR) is 31.2 cm³/mol. The minimum absolute atomic E-state index is 0.755. The molecule has 8 heavy (non-hydrogen) atoms. The van der Waals surface area contributed by atoms with Gasteiger partial charge in [0.25, 0.3) is 0 Å². The van der Waals surface area contributed by atoms with Crippen LogP contribution in [0.15, 0.2) is 23.6 Å². The molecule has 0 N–H and O–H groups in total. The molecule has 0 saturated carbocycles. The van der Waals surface area contributed by atoms with Crippen LogP contribution in [0.4, 0.5) is 0 Å². The van der Waals surface area contributed by atoms with Crippen LogP contribution < -0.4 is 0 Å². The first-order chi connectivity index (χ1) is 3.80. The Morgan fingerprint density at radius 3 is 2.88 bits per heavy atom. The maximum Gasteiger partial charge on any atom is 0.181 e. The van der Waals surface area contributed by atoms with Crippen molar-refractivity contribution in [3.63, 3.8) is 0 Å². The third-order valence-corrected chi connectivity index (χ3v) is 0.853. The normalized spacial score (nSPS) is 9.12. The van der Waals surface area contributed by atoms with Crippen LogP contribution in [0.5, 0.6) is 0 Å². The van der Waals surface area contributed by atoms with Crippen LogP contribution in [-0.4, -0.2) is 4.98 Å². The molecule has 1 aromatic rings. The van der Waals surface area contributed by atoms with Gasteiger partial charge in [0.15, 0.2) is 6.39 Å². The van der Waals surface area contributed by atoms with Crippen molar-refractivity contribution in [2.24, 2.45) is 0 Å². The highest BCUT2D eigenvalue weighted by molar-refractivity contribution is 5.54. The first-order valence-electron chi connectivity index (χ1n) is 2.35. The van der Waals surface area contributed by atoms with Crippen LogP contribution in [0.1, 0.15) is 12.7 Å². The lowest BCUT2D eigenvalue weighted by Crippen LogP contribution is -1.66. The lowest BCUT2D eigenvalue weighted by atomic mass is 10.3. The SMILES string of the molecule is C=C(C)c1cnco1. The average Bonchev–Trinajstić information content (AvgIpc) is 2.12. The van der Waals surface area contributed by atoms with Crippen molar-refractivity contribution >= 4 is 5.57 Å². The van der Waals surface area contributed by atoms with E-state index in [2.05, 4.69) is 11.6 Å². The monoisotopic (exact) mass is 109 g/mol. The van der Waals surface area contributed by atoms with Gasteiger partial charge in [-0.3, -0.25) is 0 Å². The Bertz CT molecular complexity index is 176. The molecule has 42 valence electrons. The van der Waals surface area contributed by atoms with Gasteiger partial charge in [0, 0.05) is 0 Å². The van der Waals surface area contributed by atoms with E-state index in [0.29, 0.717) is 0 Å². The van der Waals surface area contributed by atoms with Crippen molar-refractivity contribution in [3.05, 3.63) is 24.9 Å². The van der Waals surface area contributed by atoms with E-state index in [-0.39, 0.29) is 0 Å². The molecule has 0 bridgehead atoms. The lowest BCUT2D eigenvalue weighted by Gasteiger charge is -1.84. The molecule has 0 radical (unpaired) electrons. The molecule has 1 heterocycles. The second-order valence-corrected chi connectivity index (χ2v) is 1.65. The number of aromatic nitrogens is 1. The number of nitrogens with zero attached hydrogens (tertiary/aromatic N) is 1. The Labute approximate surface area is 47.9 Å². The molecule has 0 amide bonds. The van der Waals surface area contributed by atoms with E-state index in [9.17, 15) is 0 Å². The van der Waals surface area contributed by atoms with Gasteiger partial charge in [0.05, 0.1) is 6.20 Å². The molecule has 1 rings (SSSR count). The molecule has 0 spiro atoms. The Morgan fingerprint density at radius 2 is 2.62 bits per heavy atom. The number of oxazole rings is 1. The number of hydrogen-bond acceptors (Lipinski definition) is 2. The molecule has 0 fully saturated rings. The molecule has 0 aromatic carbocycles. The average molecular weight is 109 g/mol. The Balaban J connectivity index is 2.93. The summed E-state index contributed by atoms with van der Waals surface area (Å²) in [7, 11) is 0. The second-order valence-electron chi connectivity index (χ2n) is 1.65. The zero-order valence-corrected chi connectivity index (χ0v) is 4.72. The van der Waals surface area contributed by atoms with Crippen LogP contribution in [0.3, 0.4) is 0 Å². The zero-order chi connectivity index (χ0) is 5.98. The zero-order valence-electron chi connectivity index (χ0n) is 4.72.